The predicted molar refractivity (Wildman–Crippen MR) is 71.6 cm³/mol. The van der Waals surface area contributed by atoms with Crippen LogP contribution in [0, 0.1) is 5.92 Å². The van der Waals surface area contributed by atoms with E-state index in [1.54, 1.807) is 20.8 Å². The fraction of sp³-hybridized carbons (Fsp3) is 0.857. The van der Waals surface area contributed by atoms with Crippen molar-refractivity contribution in [3.8, 4) is 0 Å². The average Bonchev–Trinajstić information content (AvgIpc) is 2.26. The molecule has 19 heavy (non-hydrogen) atoms. The Morgan fingerprint density at radius 2 is 1.84 bits per heavy atom. The summed E-state index contributed by atoms with van der Waals surface area (Å²) in [6.07, 6.45) is 1.77. The van der Waals surface area contributed by atoms with Crippen molar-refractivity contribution in [1.29, 1.82) is 0 Å². The largest absolute Gasteiger partial charge is 0.457 e. The third kappa shape index (κ3) is 6.57. The molecule has 1 aliphatic heterocycles. The lowest BCUT2D eigenvalue weighted by Crippen LogP contribution is -2.37. The number of piperidine rings is 1. The summed E-state index contributed by atoms with van der Waals surface area (Å²) in [6, 6.07) is 0. The smallest absolute Gasteiger partial charge is 0.347 e. The van der Waals surface area contributed by atoms with Gasteiger partial charge in [-0.1, -0.05) is 0 Å². The third-order valence-electron chi connectivity index (χ3n) is 2.98. The molecule has 0 spiro atoms. The van der Waals surface area contributed by atoms with Crippen molar-refractivity contribution in [3.05, 3.63) is 0 Å². The zero-order chi connectivity index (χ0) is 14.5. The summed E-state index contributed by atoms with van der Waals surface area (Å²) in [5.41, 5.74) is -0.566. The van der Waals surface area contributed by atoms with Crippen molar-refractivity contribution < 1.29 is 19.1 Å². The number of rotatable bonds is 4. The van der Waals surface area contributed by atoms with Crippen LogP contribution >= 0.6 is 0 Å². The van der Waals surface area contributed by atoms with Crippen LogP contribution in [0.25, 0.3) is 0 Å². The number of carbonyl (C=O) groups excluding carboxylic acids is 2. The van der Waals surface area contributed by atoms with E-state index in [9.17, 15) is 9.59 Å². The molecule has 5 nitrogen and oxygen atoms in total. The molecule has 0 radical (unpaired) electrons. The van der Waals surface area contributed by atoms with Crippen molar-refractivity contribution in [2.75, 3.05) is 13.1 Å². The van der Waals surface area contributed by atoms with E-state index in [4.69, 9.17) is 9.47 Å². The lowest BCUT2D eigenvalue weighted by molar-refractivity contribution is -0.176. The van der Waals surface area contributed by atoms with Crippen LogP contribution in [0.2, 0.25) is 0 Å². The first-order valence-corrected chi connectivity index (χ1v) is 6.89. The summed E-state index contributed by atoms with van der Waals surface area (Å²) >= 11 is 0. The van der Waals surface area contributed by atoms with Crippen LogP contribution in [0.3, 0.4) is 0 Å². The van der Waals surface area contributed by atoms with Crippen LogP contribution in [0.1, 0.15) is 47.0 Å². The van der Waals surface area contributed by atoms with Crippen LogP contribution in [-0.4, -0.2) is 36.7 Å². The van der Waals surface area contributed by atoms with Gasteiger partial charge in [0.05, 0.1) is 0 Å². The minimum absolute atomic E-state index is 0.401. The molecule has 1 heterocycles. The van der Waals surface area contributed by atoms with Crippen LogP contribution in [0.5, 0.6) is 0 Å². The van der Waals surface area contributed by atoms with Crippen LogP contribution < -0.4 is 5.32 Å². The first kappa shape index (κ1) is 16.0. The molecule has 110 valence electrons. The van der Waals surface area contributed by atoms with Gasteiger partial charge in [-0.25, -0.2) is 4.79 Å². The fourth-order valence-electron chi connectivity index (χ4n) is 2.18. The van der Waals surface area contributed by atoms with Gasteiger partial charge in [0.25, 0.3) is 0 Å². The molecule has 0 aliphatic carbocycles. The molecule has 1 aliphatic rings. The third-order valence-corrected chi connectivity index (χ3v) is 2.98. The Hall–Kier alpha value is -1.10. The van der Waals surface area contributed by atoms with Gasteiger partial charge in [-0.05, 0) is 59.0 Å². The summed E-state index contributed by atoms with van der Waals surface area (Å²) < 4.78 is 10.4. The molecular weight excluding hydrogens is 246 g/mol. The molecule has 0 bridgehead atoms. The summed E-state index contributed by atoms with van der Waals surface area (Å²) in [7, 11) is 0. The minimum Gasteiger partial charge on any atom is -0.457 e. The zero-order valence-corrected chi connectivity index (χ0v) is 12.3. The molecule has 1 rings (SSSR count). The molecular formula is C14H25NO4. The molecule has 0 aromatic heterocycles. The van der Waals surface area contributed by atoms with E-state index < -0.39 is 23.6 Å². The molecule has 0 aromatic rings. The van der Waals surface area contributed by atoms with E-state index in [1.165, 1.54) is 6.92 Å². The standard InChI is InChI=1S/C14H25NO4/c1-10(16)18-12(13(17)19-14(2,3)4)9-11-5-7-15-8-6-11/h11-12,15H,5-9H2,1-4H3. The van der Waals surface area contributed by atoms with Crippen molar-refractivity contribution in [2.45, 2.75) is 58.7 Å². The molecule has 1 unspecified atom stereocenters. The Balaban J connectivity index is 2.59. The highest BCUT2D eigenvalue weighted by molar-refractivity contribution is 5.78. The summed E-state index contributed by atoms with van der Waals surface area (Å²) in [4.78, 5) is 23.2. The van der Waals surface area contributed by atoms with Crippen molar-refractivity contribution in [2.24, 2.45) is 5.92 Å². The Kier molecular flexibility index (Phi) is 5.79. The quantitative estimate of drug-likeness (QED) is 0.788. The normalized spacial score (nSPS) is 18.7. The Morgan fingerprint density at radius 1 is 1.26 bits per heavy atom. The highest BCUT2D eigenvalue weighted by Gasteiger charge is 2.30. The fourth-order valence-corrected chi connectivity index (χ4v) is 2.18. The second kappa shape index (κ2) is 6.89. The molecule has 1 fully saturated rings. The van der Waals surface area contributed by atoms with Gasteiger partial charge in [-0.2, -0.15) is 0 Å². The van der Waals surface area contributed by atoms with Gasteiger partial charge in [-0.3, -0.25) is 4.79 Å². The molecule has 0 saturated carbocycles. The van der Waals surface area contributed by atoms with Gasteiger partial charge in [0, 0.05) is 6.92 Å². The van der Waals surface area contributed by atoms with Gasteiger partial charge in [0.15, 0.2) is 6.10 Å². The molecule has 1 saturated heterocycles. The van der Waals surface area contributed by atoms with Gasteiger partial charge in [0.2, 0.25) is 0 Å². The zero-order valence-electron chi connectivity index (χ0n) is 12.3. The van der Waals surface area contributed by atoms with Crippen molar-refractivity contribution in [3.63, 3.8) is 0 Å². The monoisotopic (exact) mass is 271 g/mol. The maximum atomic E-state index is 12.1. The van der Waals surface area contributed by atoms with E-state index in [2.05, 4.69) is 5.32 Å². The van der Waals surface area contributed by atoms with Crippen LogP contribution in [0.15, 0.2) is 0 Å². The van der Waals surface area contributed by atoms with Crippen molar-refractivity contribution >= 4 is 11.9 Å². The van der Waals surface area contributed by atoms with Gasteiger partial charge in [0.1, 0.15) is 5.60 Å². The molecule has 0 aromatic carbocycles. The average molecular weight is 271 g/mol. The van der Waals surface area contributed by atoms with Gasteiger partial charge in [-0.15, -0.1) is 0 Å². The van der Waals surface area contributed by atoms with Gasteiger partial charge < -0.3 is 14.8 Å². The highest BCUT2D eigenvalue weighted by atomic mass is 16.6. The number of hydrogen-bond donors (Lipinski definition) is 1. The number of nitrogens with one attached hydrogen (secondary N) is 1. The first-order chi connectivity index (χ1) is 8.78. The second-order valence-electron chi connectivity index (χ2n) is 6.06. The summed E-state index contributed by atoms with van der Waals surface area (Å²) in [6.45, 7) is 8.64. The Bertz CT molecular complexity index is 316. The van der Waals surface area contributed by atoms with Crippen molar-refractivity contribution in [1.82, 2.24) is 5.32 Å². The first-order valence-electron chi connectivity index (χ1n) is 6.89. The van der Waals surface area contributed by atoms with E-state index in [0.29, 0.717) is 12.3 Å². The molecule has 1 atom stereocenters. The summed E-state index contributed by atoms with van der Waals surface area (Å²) in [5, 5.41) is 3.27. The van der Waals surface area contributed by atoms with E-state index in [0.717, 1.165) is 25.9 Å². The second-order valence-corrected chi connectivity index (χ2v) is 6.06. The molecule has 1 N–H and O–H groups in total. The maximum absolute atomic E-state index is 12.1. The van der Waals surface area contributed by atoms with Crippen LogP contribution in [0.4, 0.5) is 0 Å². The number of hydrogen-bond acceptors (Lipinski definition) is 5. The molecule has 0 amide bonds. The lowest BCUT2D eigenvalue weighted by Gasteiger charge is -2.28. The minimum atomic E-state index is -0.778. The predicted octanol–water partition coefficient (Wildman–Crippen LogP) is 1.65. The van der Waals surface area contributed by atoms with E-state index >= 15 is 0 Å². The van der Waals surface area contributed by atoms with Crippen LogP contribution in [-0.2, 0) is 19.1 Å². The SMILES string of the molecule is CC(=O)OC(CC1CCNCC1)C(=O)OC(C)(C)C. The topological polar surface area (TPSA) is 64.6 Å². The van der Waals surface area contributed by atoms with Gasteiger partial charge >= 0.3 is 11.9 Å². The number of ether oxygens (including phenoxy) is 2. The van der Waals surface area contributed by atoms with E-state index in [1.807, 2.05) is 0 Å². The lowest BCUT2D eigenvalue weighted by atomic mass is 9.92. The Morgan fingerprint density at radius 3 is 2.32 bits per heavy atom. The summed E-state index contributed by atoms with van der Waals surface area (Å²) in [5.74, 6) is -0.482. The maximum Gasteiger partial charge on any atom is 0.347 e. The molecule has 5 heteroatoms. The number of esters is 2. The number of carbonyl (C=O) groups is 2. The Labute approximate surface area is 115 Å². The highest BCUT2D eigenvalue weighted by Crippen LogP contribution is 2.21. The van der Waals surface area contributed by atoms with E-state index in [-0.39, 0.29) is 0 Å².